The quantitative estimate of drug-likeness (QED) is 0.632. The van der Waals surface area contributed by atoms with Crippen LogP contribution in [0.4, 0.5) is 0 Å². The molecule has 0 rings (SSSR count). The maximum absolute atomic E-state index is 4.92. The highest BCUT2D eigenvalue weighted by atomic mass is 35.5. The van der Waals surface area contributed by atoms with Gasteiger partial charge in [-0.2, -0.15) is 0 Å². The average molecular weight is 182 g/mol. The monoisotopic (exact) mass is 181 g/mol. The molecule has 2 nitrogen and oxygen atoms in total. The molecule has 0 radical (unpaired) electrons. The number of nitrogens with one attached hydrogen (secondary N) is 1. The highest BCUT2D eigenvalue weighted by molar-refractivity contribution is 5.85. The molecule has 0 heterocycles. The lowest BCUT2D eigenvalue weighted by molar-refractivity contribution is 0.195. The Morgan fingerprint density at radius 1 is 1.27 bits per heavy atom. The number of rotatable bonds is 6. The van der Waals surface area contributed by atoms with Gasteiger partial charge in [-0.1, -0.05) is 13.8 Å². The molecule has 70 valence electrons. The van der Waals surface area contributed by atoms with Gasteiger partial charge in [-0.15, -0.1) is 12.4 Å². The number of hydrogen-bond acceptors (Lipinski definition) is 2. The molecule has 0 amide bonds. The zero-order valence-corrected chi connectivity index (χ0v) is 8.54. The fourth-order valence-electron chi connectivity index (χ4n) is 0.942. The van der Waals surface area contributed by atoms with Crippen molar-refractivity contribution in [2.75, 3.05) is 20.3 Å². The SMILES string of the molecule is CCC(CC)NCCOC.Cl. The summed E-state index contributed by atoms with van der Waals surface area (Å²) in [6, 6.07) is 0.676. The third kappa shape index (κ3) is 8.11. The molecular weight excluding hydrogens is 162 g/mol. The van der Waals surface area contributed by atoms with Gasteiger partial charge in [0.25, 0.3) is 0 Å². The van der Waals surface area contributed by atoms with E-state index in [4.69, 9.17) is 4.74 Å². The predicted molar refractivity (Wildman–Crippen MR) is 51.5 cm³/mol. The van der Waals surface area contributed by atoms with Gasteiger partial charge in [-0.05, 0) is 12.8 Å². The van der Waals surface area contributed by atoms with Gasteiger partial charge in [0.05, 0.1) is 6.61 Å². The van der Waals surface area contributed by atoms with Gasteiger partial charge < -0.3 is 10.1 Å². The van der Waals surface area contributed by atoms with Gasteiger partial charge in [0.2, 0.25) is 0 Å². The van der Waals surface area contributed by atoms with Crippen molar-refractivity contribution < 1.29 is 4.74 Å². The van der Waals surface area contributed by atoms with Gasteiger partial charge in [0.15, 0.2) is 0 Å². The Morgan fingerprint density at radius 2 is 1.82 bits per heavy atom. The second kappa shape index (κ2) is 10.2. The zero-order chi connectivity index (χ0) is 7.82. The van der Waals surface area contributed by atoms with Crippen LogP contribution >= 0.6 is 12.4 Å². The first-order valence-electron chi connectivity index (χ1n) is 4.07. The van der Waals surface area contributed by atoms with Crippen LogP contribution in [-0.2, 0) is 4.74 Å². The second-order valence-corrected chi connectivity index (χ2v) is 2.46. The molecule has 0 aromatic carbocycles. The Labute approximate surface area is 76.1 Å². The molecule has 3 heteroatoms. The topological polar surface area (TPSA) is 21.3 Å². The van der Waals surface area contributed by atoms with E-state index in [-0.39, 0.29) is 12.4 Å². The van der Waals surface area contributed by atoms with Crippen LogP contribution in [0.2, 0.25) is 0 Å². The summed E-state index contributed by atoms with van der Waals surface area (Å²) >= 11 is 0. The van der Waals surface area contributed by atoms with E-state index in [1.807, 2.05) is 0 Å². The van der Waals surface area contributed by atoms with Crippen LogP contribution in [0.15, 0.2) is 0 Å². The maximum Gasteiger partial charge on any atom is 0.0587 e. The van der Waals surface area contributed by atoms with Crippen molar-refractivity contribution >= 4 is 12.4 Å². The zero-order valence-electron chi connectivity index (χ0n) is 7.72. The van der Waals surface area contributed by atoms with E-state index in [2.05, 4.69) is 19.2 Å². The summed E-state index contributed by atoms with van der Waals surface area (Å²) in [6.45, 7) is 6.20. The van der Waals surface area contributed by atoms with E-state index in [0.717, 1.165) is 13.2 Å². The van der Waals surface area contributed by atoms with Crippen molar-refractivity contribution in [1.29, 1.82) is 0 Å². The fourth-order valence-corrected chi connectivity index (χ4v) is 0.942. The number of ether oxygens (including phenoxy) is 1. The molecular formula is C8H20ClNO. The van der Waals surface area contributed by atoms with Gasteiger partial charge in [-0.3, -0.25) is 0 Å². The van der Waals surface area contributed by atoms with E-state index >= 15 is 0 Å². The highest BCUT2D eigenvalue weighted by Gasteiger charge is 1.99. The largest absolute Gasteiger partial charge is 0.383 e. The Kier molecular flexibility index (Phi) is 12.8. The molecule has 0 saturated heterocycles. The summed E-state index contributed by atoms with van der Waals surface area (Å²) in [6.07, 6.45) is 2.42. The lowest BCUT2D eigenvalue weighted by atomic mass is 10.2. The summed E-state index contributed by atoms with van der Waals surface area (Å²) in [4.78, 5) is 0. The van der Waals surface area contributed by atoms with Crippen LogP contribution in [0, 0.1) is 0 Å². The standard InChI is InChI=1S/C8H19NO.ClH/c1-4-8(5-2)9-6-7-10-3;/h8-9H,4-7H2,1-3H3;1H. The molecule has 0 saturated carbocycles. The van der Waals surface area contributed by atoms with Crippen molar-refractivity contribution in [2.45, 2.75) is 32.7 Å². The summed E-state index contributed by atoms with van der Waals surface area (Å²) in [5.41, 5.74) is 0. The van der Waals surface area contributed by atoms with E-state index in [1.54, 1.807) is 7.11 Å². The van der Waals surface area contributed by atoms with Gasteiger partial charge >= 0.3 is 0 Å². The van der Waals surface area contributed by atoms with Crippen LogP contribution in [-0.4, -0.2) is 26.3 Å². The molecule has 0 aliphatic heterocycles. The number of halogens is 1. The Hall–Kier alpha value is 0.210. The summed E-state index contributed by atoms with van der Waals surface area (Å²) < 4.78 is 4.92. The molecule has 0 fully saturated rings. The van der Waals surface area contributed by atoms with Crippen molar-refractivity contribution in [3.63, 3.8) is 0 Å². The molecule has 1 N–H and O–H groups in total. The lowest BCUT2D eigenvalue weighted by Crippen LogP contribution is -2.30. The third-order valence-electron chi connectivity index (χ3n) is 1.72. The van der Waals surface area contributed by atoms with Gasteiger partial charge in [0.1, 0.15) is 0 Å². The molecule has 0 atom stereocenters. The molecule has 0 aromatic heterocycles. The van der Waals surface area contributed by atoms with E-state index in [9.17, 15) is 0 Å². The van der Waals surface area contributed by atoms with Crippen LogP contribution < -0.4 is 5.32 Å². The van der Waals surface area contributed by atoms with Crippen molar-refractivity contribution in [3.05, 3.63) is 0 Å². The van der Waals surface area contributed by atoms with Crippen LogP contribution in [0.25, 0.3) is 0 Å². The lowest BCUT2D eigenvalue weighted by Gasteiger charge is -2.13. The van der Waals surface area contributed by atoms with Crippen LogP contribution in [0.1, 0.15) is 26.7 Å². The molecule has 11 heavy (non-hydrogen) atoms. The van der Waals surface area contributed by atoms with Crippen molar-refractivity contribution in [1.82, 2.24) is 5.32 Å². The van der Waals surface area contributed by atoms with E-state index in [1.165, 1.54) is 12.8 Å². The number of methoxy groups -OCH3 is 1. The van der Waals surface area contributed by atoms with E-state index in [0.29, 0.717) is 6.04 Å². The third-order valence-corrected chi connectivity index (χ3v) is 1.72. The predicted octanol–water partition coefficient (Wildman–Crippen LogP) is 1.83. The average Bonchev–Trinajstić information content (AvgIpc) is 1.99. The smallest absolute Gasteiger partial charge is 0.0587 e. The summed E-state index contributed by atoms with van der Waals surface area (Å²) in [7, 11) is 1.73. The fraction of sp³-hybridized carbons (Fsp3) is 1.00. The van der Waals surface area contributed by atoms with Crippen molar-refractivity contribution in [2.24, 2.45) is 0 Å². The minimum absolute atomic E-state index is 0. The highest BCUT2D eigenvalue weighted by Crippen LogP contribution is 1.94. The Balaban J connectivity index is 0. The first-order valence-corrected chi connectivity index (χ1v) is 4.07. The maximum atomic E-state index is 4.92. The van der Waals surface area contributed by atoms with Gasteiger partial charge in [-0.25, -0.2) is 0 Å². The first-order chi connectivity index (χ1) is 4.85. The Bertz CT molecular complexity index is 67.1. The molecule has 0 spiro atoms. The van der Waals surface area contributed by atoms with Gasteiger partial charge in [0, 0.05) is 19.7 Å². The molecule has 0 aromatic rings. The summed E-state index contributed by atoms with van der Waals surface area (Å²) in [5.74, 6) is 0. The second-order valence-electron chi connectivity index (χ2n) is 2.46. The normalized spacial score (nSPS) is 9.82. The molecule has 0 aliphatic carbocycles. The van der Waals surface area contributed by atoms with Crippen molar-refractivity contribution in [3.8, 4) is 0 Å². The minimum Gasteiger partial charge on any atom is -0.383 e. The minimum atomic E-state index is 0. The number of hydrogen-bond donors (Lipinski definition) is 1. The molecule has 0 unspecified atom stereocenters. The molecule has 0 aliphatic rings. The first kappa shape index (κ1) is 13.8. The van der Waals surface area contributed by atoms with Crippen LogP contribution in [0.3, 0.4) is 0 Å². The van der Waals surface area contributed by atoms with Crippen LogP contribution in [0.5, 0.6) is 0 Å². The Morgan fingerprint density at radius 3 is 2.18 bits per heavy atom. The van der Waals surface area contributed by atoms with E-state index < -0.39 is 0 Å². The molecule has 0 bridgehead atoms. The summed E-state index contributed by atoms with van der Waals surface area (Å²) in [5, 5.41) is 3.40.